The monoisotopic (exact) mass is 308 g/mol. The summed E-state index contributed by atoms with van der Waals surface area (Å²) >= 11 is 0. The van der Waals surface area contributed by atoms with Crippen LogP contribution in [-0.2, 0) is 15.2 Å². The van der Waals surface area contributed by atoms with E-state index in [1.807, 2.05) is 41.5 Å². The Bertz CT molecular complexity index is 392. The van der Waals surface area contributed by atoms with Crippen molar-refractivity contribution < 1.29 is 9.78 Å². The summed E-state index contributed by atoms with van der Waals surface area (Å²) in [5, 5.41) is 0. The second kappa shape index (κ2) is 8.12. The first-order valence-corrected chi connectivity index (χ1v) is 8.18. The van der Waals surface area contributed by atoms with Crippen LogP contribution in [0.5, 0.6) is 0 Å². The summed E-state index contributed by atoms with van der Waals surface area (Å²) in [7, 11) is 0. The first-order chi connectivity index (χ1) is 9.76. The summed E-state index contributed by atoms with van der Waals surface area (Å²) in [5.74, 6) is 0.680. The van der Waals surface area contributed by atoms with E-state index in [1.54, 1.807) is 0 Å². The summed E-state index contributed by atoms with van der Waals surface area (Å²) in [5.41, 5.74) is 1.29. The Hall–Kier alpha value is -0.860. The van der Waals surface area contributed by atoms with Gasteiger partial charge in [-0.25, -0.2) is 9.78 Å². The maximum absolute atomic E-state index is 5.09. The zero-order valence-electron chi connectivity index (χ0n) is 16.3. The van der Waals surface area contributed by atoms with Crippen molar-refractivity contribution in [3.8, 4) is 0 Å². The Balaban J connectivity index is 0.000000409. The van der Waals surface area contributed by atoms with Gasteiger partial charge >= 0.3 is 0 Å². The zero-order chi connectivity index (χ0) is 17.6. The number of hydrogen-bond donors (Lipinski definition) is 0. The Labute approximate surface area is 138 Å². The van der Waals surface area contributed by atoms with Crippen LogP contribution in [0, 0.1) is 5.92 Å². The van der Waals surface area contributed by atoms with Crippen molar-refractivity contribution in [2.75, 3.05) is 0 Å². The molecule has 0 unspecified atom stereocenters. The van der Waals surface area contributed by atoms with Crippen LogP contribution in [0.2, 0.25) is 0 Å². The second-order valence-corrected chi connectivity index (χ2v) is 8.63. The molecule has 0 bridgehead atoms. The smallest absolute Gasteiger partial charge is 0.0952 e. The van der Waals surface area contributed by atoms with Gasteiger partial charge in [-0.05, 0) is 58.4 Å². The minimum atomic E-state index is -0.215. The van der Waals surface area contributed by atoms with E-state index in [-0.39, 0.29) is 11.2 Å². The highest BCUT2D eigenvalue weighted by Gasteiger charge is 2.23. The topological polar surface area (TPSA) is 18.5 Å². The molecule has 0 radical (unpaired) electrons. The quantitative estimate of drug-likeness (QED) is 0.492. The van der Waals surface area contributed by atoms with Crippen molar-refractivity contribution in [1.82, 2.24) is 0 Å². The molecule has 0 amide bonds. The van der Waals surface area contributed by atoms with Crippen LogP contribution in [0.1, 0.15) is 74.8 Å². The lowest BCUT2D eigenvalue weighted by Gasteiger charge is -2.29. The average molecular weight is 309 g/mol. The van der Waals surface area contributed by atoms with Gasteiger partial charge in [-0.2, -0.15) is 0 Å². The third-order valence-electron chi connectivity index (χ3n) is 3.50. The van der Waals surface area contributed by atoms with Gasteiger partial charge in [-0.1, -0.05) is 58.0 Å². The molecule has 0 N–H and O–H groups in total. The summed E-state index contributed by atoms with van der Waals surface area (Å²) in [4.78, 5) is 10.2. The molecular weight excluding hydrogens is 272 g/mol. The zero-order valence-corrected chi connectivity index (χ0v) is 16.3. The van der Waals surface area contributed by atoms with Gasteiger partial charge in [0.2, 0.25) is 0 Å². The first-order valence-electron chi connectivity index (χ1n) is 8.18. The molecule has 0 saturated carbocycles. The van der Waals surface area contributed by atoms with Crippen molar-refractivity contribution >= 4 is 0 Å². The Morgan fingerprint density at radius 2 is 1.05 bits per heavy atom. The van der Waals surface area contributed by atoms with E-state index in [0.717, 1.165) is 0 Å². The lowest BCUT2D eigenvalue weighted by molar-refractivity contribution is -0.393. The predicted molar refractivity (Wildman–Crippen MR) is 96.0 cm³/mol. The maximum atomic E-state index is 5.09. The molecule has 0 aliphatic carbocycles. The third kappa shape index (κ3) is 9.22. The third-order valence-corrected chi connectivity index (χ3v) is 3.50. The fourth-order valence-corrected chi connectivity index (χ4v) is 1.45. The molecule has 0 atom stereocenters. The van der Waals surface area contributed by atoms with Crippen LogP contribution in [0.15, 0.2) is 30.3 Å². The molecule has 2 heteroatoms. The van der Waals surface area contributed by atoms with E-state index in [4.69, 9.17) is 9.78 Å². The highest BCUT2D eigenvalue weighted by Crippen LogP contribution is 2.30. The number of benzene rings is 1. The van der Waals surface area contributed by atoms with Crippen molar-refractivity contribution in [2.24, 2.45) is 5.92 Å². The molecular formula is C20H36O2. The molecule has 0 heterocycles. The largest absolute Gasteiger partial charge is 0.230 e. The first kappa shape index (κ1) is 21.1. The lowest BCUT2D eigenvalue weighted by atomic mass is 9.75. The van der Waals surface area contributed by atoms with E-state index in [2.05, 4.69) is 58.0 Å². The van der Waals surface area contributed by atoms with Gasteiger partial charge in [0.15, 0.2) is 0 Å². The molecule has 128 valence electrons. The van der Waals surface area contributed by atoms with E-state index in [1.165, 1.54) is 5.56 Å². The molecule has 0 saturated heterocycles. The van der Waals surface area contributed by atoms with E-state index < -0.39 is 0 Å². The molecule has 1 aromatic rings. The van der Waals surface area contributed by atoms with E-state index >= 15 is 0 Å². The summed E-state index contributed by atoms with van der Waals surface area (Å²) in [6, 6.07) is 10.7. The van der Waals surface area contributed by atoms with Crippen LogP contribution in [0.3, 0.4) is 0 Å². The van der Waals surface area contributed by atoms with Crippen molar-refractivity contribution in [3.05, 3.63) is 35.9 Å². The number of rotatable bonds is 3. The van der Waals surface area contributed by atoms with Gasteiger partial charge in [0.25, 0.3) is 0 Å². The van der Waals surface area contributed by atoms with Crippen LogP contribution >= 0.6 is 0 Å². The minimum Gasteiger partial charge on any atom is -0.230 e. The highest BCUT2D eigenvalue weighted by atomic mass is 17.2. The Morgan fingerprint density at radius 1 is 0.682 bits per heavy atom. The molecule has 1 aromatic carbocycles. The molecule has 0 spiro atoms. The van der Waals surface area contributed by atoms with E-state index in [9.17, 15) is 0 Å². The molecule has 0 aliphatic heterocycles. The van der Waals surface area contributed by atoms with Gasteiger partial charge in [0.05, 0.1) is 11.2 Å². The van der Waals surface area contributed by atoms with Gasteiger partial charge in [-0.3, -0.25) is 0 Å². The van der Waals surface area contributed by atoms with Gasteiger partial charge in [-0.15, -0.1) is 0 Å². The minimum absolute atomic E-state index is 0.215. The van der Waals surface area contributed by atoms with Gasteiger partial charge < -0.3 is 0 Å². The molecule has 2 nitrogen and oxygen atoms in total. The number of hydrogen-bond acceptors (Lipinski definition) is 2. The van der Waals surface area contributed by atoms with Gasteiger partial charge in [0, 0.05) is 0 Å². The van der Waals surface area contributed by atoms with Gasteiger partial charge in [0.1, 0.15) is 0 Å². The molecule has 1 rings (SSSR count). The molecule has 22 heavy (non-hydrogen) atoms. The van der Waals surface area contributed by atoms with Crippen molar-refractivity contribution in [2.45, 2.75) is 85.9 Å². The SMILES string of the molecule is CC(C)(C)OOC(C)(C)C.CC(C)C(C)(C)c1ccccc1. The van der Waals surface area contributed by atoms with Crippen LogP contribution in [-0.4, -0.2) is 11.2 Å². The van der Waals surface area contributed by atoms with Crippen molar-refractivity contribution in [1.29, 1.82) is 0 Å². The fourth-order valence-electron chi connectivity index (χ4n) is 1.45. The summed E-state index contributed by atoms with van der Waals surface area (Å²) in [6.07, 6.45) is 0. The van der Waals surface area contributed by atoms with E-state index in [0.29, 0.717) is 11.3 Å². The summed E-state index contributed by atoms with van der Waals surface area (Å²) < 4.78 is 0. The fraction of sp³-hybridized carbons (Fsp3) is 0.700. The highest BCUT2D eigenvalue weighted by molar-refractivity contribution is 5.23. The molecule has 0 fully saturated rings. The lowest BCUT2D eigenvalue weighted by Crippen LogP contribution is -2.27. The van der Waals surface area contributed by atoms with Crippen LogP contribution in [0.4, 0.5) is 0 Å². The Morgan fingerprint density at radius 3 is 1.32 bits per heavy atom. The molecule has 0 aromatic heterocycles. The molecule has 0 aliphatic rings. The Kier molecular flexibility index (Phi) is 7.80. The predicted octanol–water partition coefficient (Wildman–Crippen LogP) is 6.15. The van der Waals surface area contributed by atoms with Crippen LogP contribution < -0.4 is 0 Å². The van der Waals surface area contributed by atoms with Crippen LogP contribution in [0.25, 0.3) is 0 Å². The average Bonchev–Trinajstić information content (AvgIpc) is 2.36. The maximum Gasteiger partial charge on any atom is 0.0952 e. The second-order valence-electron chi connectivity index (χ2n) is 8.63. The standard InChI is InChI=1S/C12H18.C8H18O2/c1-10(2)12(3,4)11-8-6-5-7-9-11;1-7(2,3)9-10-8(4,5)6/h5-10H,1-4H3;1-6H3. The normalized spacial score (nSPS) is 12.9. The summed E-state index contributed by atoms with van der Waals surface area (Å²) in [6.45, 7) is 20.9. The van der Waals surface area contributed by atoms with Crippen molar-refractivity contribution in [3.63, 3.8) is 0 Å².